The molecule has 12 atom stereocenters. The molecular weight excluding hydrogens is 627 g/mol. The van der Waals surface area contributed by atoms with Gasteiger partial charge >= 0.3 is 247 Å². The van der Waals surface area contributed by atoms with Gasteiger partial charge in [-0.3, -0.25) is 0 Å². The van der Waals surface area contributed by atoms with Gasteiger partial charge in [-0.15, -0.1) is 0 Å². The zero-order valence-corrected chi connectivity index (χ0v) is 28.3. The Morgan fingerprint density at radius 1 is 1.11 bits per heavy atom. The van der Waals surface area contributed by atoms with Crippen LogP contribution in [0.25, 0.3) is 0 Å². The Morgan fingerprint density at radius 2 is 1.87 bits per heavy atom. The minimum atomic E-state index is -1.49. The Labute approximate surface area is 250 Å². The summed E-state index contributed by atoms with van der Waals surface area (Å²) in [6.07, 6.45) is 11.3. The van der Waals surface area contributed by atoms with Crippen LogP contribution in [-0.4, -0.2) is 69.5 Å². The molecule has 6 N–H and O–H groups in total. The number of hydrogen-bond acceptors (Lipinski definition) is 7. The third-order valence-corrected chi connectivity index (χ3v) is 19.7. The average molecular weight is 687 g/mol. The van der Waals surface area contributed by atoms with E-state index in [1.54, 1.807) is 0 Å². The summed E-state index contributed by atoms with van der Waals surface area (Å²) in [6, 6.07) is 0.606. The Morgan fingerprint density at radius 3 is 2.47 bits per heavy atom. The van der Waals surface area contributed by atoms with Crippen molar-refractivity contribution in [3.05, 3.63) is 0 Å². The fourth-order valence-electron chi connectivity index (χ4n) is 7.30. The minimum absolute atomic E-state index is 0.112. The van der Waals surface area contributed by atoms with Crippen molar-refractivity contribution >= 4 is 44.2 Å². The van der Waals surface area contributed by atoms with E-state index in [1.165, 1.54) is 43.0 Å². The van der Waals surface area contributed by atoms with Crippen LogP contribution >= 0.6 is 44.2 Å². The zero-order chi connectivity index (χ0) is 27.8. The van der Waals surface area contributed by atoms with Crippen LogP contribution in [0.1, 0.15) is 91.9 Å². The van der Waals surface area contributed by atoms with E-state index in [-0.39, 0.29) is 22.2 Å². The fraction of sp³-hybridized carbons (Fsp3) is 1.00. The van der Waals surface area contributed by atoms with E-state index in [4.69, 9.17) is 18.4 Å². The summed E-state index contributed by atoms with van der Waals surface area (Å²) in [5.74, 6) is 3.96. The SMILES string of the molecule is CC[C@H](CCCCO)CC1CC[C@@H](C(C)C(O)I2CC[C@@H]([C@H](C)O)C2)C(N)C1SCNC1CCC(C)C1S. The first-order valence-electron chi connectivity index (χ1n) is 15.5. The van der Waals surface area contributed by atoms with Crippen LogP contribution in [0.15, 0.2) is 0 Å². The molecule has 3 rings (SSSR count). The maximum absolute atomic E-state index is 11.5. The predicted molar refractivity (Wildman–Crippen MR) is 177 cm³/mol. The molecule has 2 saturated carbocycles. The van der Waals surface area contributed by atoms with E-state index in [0.29, 0.717) is 52.7 Å². The Kier molecular flexibility index (Phi) is 14.9. The van der Waals surface area contributed by atoms with Gasteiger partial charge in [0, 0.05) is 0 Å². The third-order valence-electron chi connectivity index (χ3n) is 10.2. The van der Waals surface area contributed by atoms with Crippen LogP contribution in [0.3, 0.4) is 0 Å². The summed E-state index contributed by atoms with van der Waals surface area (Å²) in [5.41, 5.74) is 7.18. The van der Waals surface area contributed by atoms with Crippen molar-refractivity contribution < 1.29 is 15.3 Å². The van der Waals surface area contributed by atoms with E-state index in [9.17, 15) is 15.3 Å². The molecule has 0 amide bonds. The van der Waals surface area contributed by atoms with Crippen LogP contribution in [0.2, 0.25) is 0 Å². The van der Waals surface area contributed by atoms with E-state index in [0.717, 1.165) is 36.0 Å². The molecule has 3 aliphatic rings. The molecular formula is C30H59IN2O3S2. The van der Waals surface area contributed by atoms with Crippen LogP contribution in [0.5, 0.6) is 0 Å². The first kappa shape index (κ1) is 33.7. The normalized spacial score (nSPS) is 38.3. The van der Waals surface area contributed by atoms with Gasteiger partial charge in [0.1, 0.15) is 0 Å². The second-order valence-electron chi connectivity index (χ2n) is 12.8. The molecule has 0 spiro atoms. The Hall–Kier alpha value is 1.23. The summed E-state index contributed by atoms with van der Waals surface area (Å²) in [4.78, 5) is 0. The molecule has 0 aromatic carbocycles. The average Bonchev–Trinajstić information content (AvgIpc) is 3.52. The molecule has 226 valence electrons. The third kappa shape index (κ3) is 9.11. The van der Waals surface area contributed by atoms with Gasteiger partial charge in [0.2, 0.25) is 0 Å². The summed E-state index contributed by atoms with van der Waals surface area (Å²) in [6.45, 7) is 9.13. The van der Waals surface area contributed by atoms with Gasteiger partial charge in [0.25, 0.3) is 0 Å². The second kappa shape index (κ2) is 16.8. The number of nitrogens with one attached hydrogen (secondary N) is 1. The van der Waals surface area contributed by atoms with Gasteiger partial charge < -0.3 is 5.11 Å². The van der Waals surface area contributed by atoms with Crippen LogP contribution in [0, 0.1) is 35.5 Å². The van der Waals surface area contributed by atoms with E-state index >= 15 is 0 Å². The zero-order valence-electron chi connectivity index (χ0n) is 24.5. The number of hydrogen-bond donors (Lipinski definition) is 6. The van der Waals surface area contributed by atoms with Crippen molar-refractivity contribution in [3.63, 3.8) is 0 Å². The molecule has 0 aromatic rings. The molecule has 3 fully saturated rings. The molecule has 0 radical (unpaired) electrons. The van der Waals surface area contributed by atoms with Crippen molar-refractivity contribution in [2.24, 2.45) is 41.2 Å². The van der Waals surface area contributed by atoms with Crippen LogP contribution in [0.4, 0.5) is 0 Å². The number of alkyl halides is 3. The van der Waals surface area contributed by atoms with E-state index in [1.807, 2.05) is 18.7 Å². The number of halogens is 1. The van der Waals surface area contributed by atoms with Gasteiger partial charge in [0.05, 0.1) is 0 Å². The van der Waals surface area contributed by atoms with Crippen molar-refractivity contribution in [3.8, 4) is 0 Å². The number of nitrogens with two attached hydrogens (primary N) is 1. The number of rotatable bonds is 15. The van der Waals surface area contributed by atoms with Gasteiger partial charge in [-0.25, -0.2) is 0 Å². The molecule has 1 heterocycles. The summed E-state index contributed by atoms with van der Waals surface area (Å²) < 4.78 is 2.09. The van der Waals surface area contributed by atoms with Crippen molar-refractivity contribution in [2.45, 2.75) is 125 Å². The standard InChI is InChI=1S/C30H59IN2O3S2/c1-5-22(8-6-7-15-34)16-23-10-11-25(20(3)30(36)31-14-13-24(17-31)21(4)35)27(32)29(23)38-18-33-26-12-9-19(2)28(26)37/h19-30,33-37H,5-18,32H2,1-4H3/t19?,20?,21-,22+,23?,24+,25-,26?,27?,28?,29?,30?/m0/s1. The molecule has 8 unspecified atom stereocenters. The van der Waals surface area contributed by atoms with Gasteiger partial charge in [-0.2, -0.15) is 0 Å². The summed E-state index contributed by atoms with van der Waals surface area (Å²) >= 11 is 5.44. The topological polar surface area (TPSA) is 98.7 Å². The van der Waals surface area contributed by atoms with E-state index < -0.39 is 19.8 Å². The van der Waals surface area contributed by atoms with Gasteiger partial charge in [0.15, 0.2) is 0 Å². The van der Waals surface area contributed by atoms with E-state index in [2.05, 4.69) is 26.1 Å². The molecule has 2 aliphatic carbocycles. The van der Waals surface area contributed by atoms with Crippen LogP contribution < -0.4 is 11.1 Å². The van der Waals surface area contributed by atoms with Crippen LogP contribution in [-0.2, 0) is 0 Å². The number of thiol groups is 1. The molecule has 0 bridgehead atoms. The van der Waals surface area contributed by atoms with Crippen molar-refractivity contribution in [1.29, 1.82) is 0 Å². The summed E-state index contributed by atoms with van der Waals surface area (Å²) in [7, 11) is 0. The number of thioether (sulfide) groups is 1. The molecule has 38 heavy (non-hydrogen) atoms. The second-order valence-corrected chi connectivity index (χ2v) is 20.6. The Balaban J connectivity index is 1.64. The fourth-order valence-corrected chi connectivity index (χ4v) is 17.1. The van der Waals surface area contributed by atoms with Crippen molar-refractivity contribution in [2.75, 3.05) is 21.3 Å². The maximum atomic E-state index is 11.5. The molecule has 8 heteroatoms. The molecule has 5 nitrogen and oxygen atoms in total. The summed E-state index contributed by atoms with van der Waals surface area (Å²) in [5, 5.41) is 35.5. The monoisotopic (exact) mass is 686 g/mol. The quantitative estimate of drug-likeness (QED) is 0.0446. The van der Waals surface area contributed by atoms with Gasteiger partial charge in [-0.1, -0.05) is 0 Å². The molecule has 0 aromatic heterocycles. The molecule has 1 aliphatic heterocycles. The van der Waals surface area contributed by atoms with Gasteiger partial charge in [-0.05, 0) is 0 Å². The molecule has 1 saturated heterocycles. The first-order valence-corrected chi connectivity index (χ1v) is 21.4. The Bertz CT molecular complexity index is 677. The number of aliphatic hydroxyl groups is 3. The van der Waals surface area contributed by atoms with Crippen molar-refractivity contribution in [1.82, 2.24) is 5.32 Å². The number of unbranched alkanes of at least 4 members (excludes halogenated alkanes) is 1. The number of aliphatic hydroxyl groups excluding tert-OH is 3. The predicted octanol–water partition coefficient (Wildman–Crippen LogP) is 5.53. The first-order chi connectivity index (χ1) is 18.2.